The molecule has 19 heavy (non-hydrogen) atoms. The van der Waals surface area contributed by atoms with Crippen LogP contribution in [0.3, 0.4) is 0 Å². The van der Waals surface area contributed by atoms with E-state index in [-0.39, 0.29) is 28.0 Å². The second kappa shape index (κ2) is 6.58. The highest BCUT2D eigenvalue weighted by molar-refractivity contribution is 6.42. The quantitative estimate of drug-likeness (QED) is 0.513. The molecule has 0 saturated carbocycles. The van der Waals surface area contributed by atoms with Gasteiger partial charge in [0.2, 0.25) is 0 Å². The summed E-state index contributed by atoms with van der Waals surface area (Å²) >= 11 is 11.5. The molecule has 0 fully saturated rings. The summed E-state index contributed by atoms with van der Waals surface area (Å²) in [6.45, 7) is 3.44. The van der Waals surface area contributed by atoms with Gasteiger partial charge in [-0.2, -0.15) is 0 Å². The highest BCUT2D eigenvalue weighted by Crippen LogP contribution is 2.34. The monoisotopic (exact) mass is 306 g/mol. The van der Waals surface area contributed by atoms with Crippen molar-refractivity contribution in [1.82, 2.24) is 0 Å². The number of benzene rings is 1. The van der Waals surface area contributed by atoms with Crippen molar-refractivity contribution in [3.8, 4) is 0 Å². The summed E-state index contributed by atoms with van der Waals surface area (Å²) in [5.74, 6) is -0.511. The first-order chi connectivity index (χ1) is 8.86. The predicted octanol–water partition coefficient (Wildman–Crippen LogP) is 3.27. The molecule has 104 valence electrons. The summed E-state index contributed by atoms with van der Waals surface area (Å²) in [7, 11) is 0. The van der Waals surface area contributed by atoms with Crippen LogP contribution in [0.2, 0.25) is 10.0 Å². The van der Waals surface area contributed by atoms with Gasteiger partial charge in [0.15, 0.2) is 0 Å². The summed E-state index contributed by atoms with van der Waals surface area (Å²) in [6.07, 6.45) is 0. The molecule has 6 nitrogen and oxygen atoms in total. The van der Waals surface area contributed by atoms with E-state index in [1.165, 1.54) is 13.0 Å². The third-order valence-corrected chi connectivity index (χ3v) is 2.97. The Morgan fingerprint density at radius 3 is 2.58 bits per heavy atom. The number of halogens is 2. The van der Waals surface area contributed by atoms with Crippen LogP contribution in [0.4, 0.5) is 11.4 Å². The molecule has 0 aromatic heterocycles. The molecule has 1 aromatic carbocycles. The fourth-order valence-electron chi connectivity index (χ4n) is 1.36. The Balaban J connectivity index is 3.03. The Hall–Kier alpha value is -1.53. The minimum absolute atomic E-state index is 0.0719. The van der Waals surface area contributed by atoms with Crippen LogP contribution in [0.1, 0.15) is 13.8 Å². The average molecular weight is 307 g/mol. The van der Waals surface area contributed by atoms with Gasteiger partial charge in [-0.1, -0.05) is 23.2 Å². The molecule has 0 aliphatic heterocycles. The molecule has 0 spiro atoms. The third-order valence-electron chi connectivity index (χ3n) is 2.25. The van der Waals surface area contributed by atoms with E-state index in [1.807, 2.05) is 0 Å². The van der Waals surface area contributed by atoms with Crippen LogP contribution < -0.4 is 5.32 Å². The standard InChI is InChI=1S/C11H12Cl2N2O4/c1-3-19-11(16)6(2)14-9-4-7(12)8(13)5-10(9)15(17)18/h4-6,14H,3H2,1-2H3. The number of nitrogens with zero attached hydrogens (tertiary/aromatic N) is 1. The van der Waals surface area contributed by atoms with Crippen LogP contribution in [-0.4, -0.2) is 23.5 Å². The molecule has 1 aromatic rings. The van der Waals surface area contributed by atoms with E-state index in [4.69, 9.17) is 27.9 Å². The summed E-state index contributed by atoms with van der Waals surface area (Å²) in [5, 5.41) is 13.8. The van der Waals surface area contributed by atoms with Gasteiger partial charge in [0.1, 0.15) is 11.7 Å². The summed E-state index contributed by atoms with van der Waals surface area (Å²) < 4.78 is 4.80. The number of esters is 1. The number of nitrogens with one attached hydrogen (secondary N) is 1. The highest BCUT2D eigenvalue weighted by Gasteiger charge is 2.21. The van der Waals surface area contributed by atoms with Gasteiger partial charge in [0.25, 0.3) is 5.69 Å². The Morgan fingerprint density at radius 2 is 2.05 bits per heavy atom. The van der Waals surface area contributed by atoms with Crippen molar-refractivity contribution in [2.75, 3.05) is 11.9 Å². The summed E-state index contributed by atoms with van der Waals surface area (Å²) in [6, 6.07) is 1.69. The van der Waals surface area contributed by atoms with Crippen molar-refractivity contribution in [2.45, 2.75) is 19.9 Å². The number of carbonyl (C=O) groups is 1. The maximum absolute atomic E-state index is 11.5. The lowest BCUT2D eigenvalue weighted by atomic mass is 10.2. The number of carbonyl (C=O) groups excluding carboxylic acids is 1. The minimum atomic E-state index is -0.740. The van der Waals surface area contributed by atoms with Crippen LogP contribution in [0.15, 0.2) is 12.1 Å². The van der Waals surface area contributed by atoms with Gasteiger partial charge in [-0.25, -0.2) is 4.79 Å². The van der Waals surface area contributed by atoms with Gasteiger partial charge in [-0.15, -0.1) is 0 Å². The van der Waals surface area contributed by atoms with Crippen LogP contribution >= 0.6 is 23.2 Å². The second-order valence-electron chi connectivity index (χ2n) is 3.66. The smallest absolute Gasteiger partial charge is 0.328 e. The lowest BCUT2D eigenvalue weighted by molar-refractivity contribution is -0.384. The zero-order valence-corrected chi connectivity index (χ0v) is 11.8. The maximum atomic E-state index is 11.5. The molecule has 1 rings (SSSR count). The van der Waals surface area contributed by atoms with Gasteiger partial charge in [-0.3, -0.25) is 10.1 Å². The van der Waals surface area contributed by atoms with Crippen molar-refractivity contribution >= 4 is 40.5 Å². The van der Waals surface area contributed by atoms with Crippen molar-refractivity contribution in [2.24, 2.45) is 0 Å². The Morgan fingerprint density at radius 1 is 1.47 bits per heavy atom. The van der Waals surface area contributed by atoms with Crippen LogP contribution in [0.25, 0.3) is 0 Å². The van der Waals surface area contributed by atoms with E-state index in [0.717, 1.165) is 6.07 Å². The van der Waals surface area contributed by atoms with E-state index in [0.29, 0.717) is 0 Å². The van der Waals surface area contributed by atoms with Gasteiger partial charge in [0, 0.05) is 6.07 Å². The SMILES string of the molecule is CCOC(=O)C(C)Nc1cc(Cl)c(Cl)cc1[N+](=O)[O-]. The number of nitro groups is 1. The largest absolute Gasteiger partial charge is 0.464 e. The van der Waals surface area contributed by atoms with Gasteiger partial charge in [-0.05, 0) is 19.9 Å². The fourth-order valence-corrected chi connectivity index (χ4v) is 1.68. The summed E-state index contributed by atoms with van der Waals surface area (Å²) in [4.78, 5) is 21.8. The average Bonchev–Trinajstić information content (AvgIpc) is 2.33. The van der Waals surface area contributed by atoms with Crippen LogP contribution in [-0.2, 0) is 9.53 Å². The Kier molecular flexibility index (Phi) is 5.38. The summed E-state index contributed by atoms with van der Waals surface area (Å²) in [5.41, 5.74) is -0.148. The Labute approximate surface area is 119 Å². The first-order valence-electron chi connectivity index (χ1n) is 5.43. The van der Waals surface area contributed by atoms with Gasteiger partial charge in [0.05, 0.1) is 21.6 Å². The number of ether oxygens (including phenoxy) is 1. The molecule has 0 amide bonds. The lowest BCUT2D eigenvalue weighted by Gasteiger charge is -2.14. The van der Waals surface area contributed by atoms with E-state index >= 15 is 0 Å². The van der Waals surface area contributed by atoms with Crippen LogP contribution in [0.5, 0.6) is 0 Å². The van der Waals surface area contributed by atoms with Crippen molar-refractivity contribution in [1.29, 1.82) is 0 Å². The molecule has 0 radical (unpaired) electrons. The number of anilines is 1. The number of nitro benzene ring substituents is 1. The molecule has 1 atom stereocenters. The topological polar surface area (TPSA) is 81.5 Å². The highest BCUT2D eigenvalue weighted by atomic mass is 35.5. The van der Waals surface area contributed by atoms with Crippen LogP contribution in [0, 0.1) is 10.1 Å². The zero-order valence-electron chi connectivity index (χ0n) is 10.3. The first kappa shape index (κ1) is 15.5. The molecular weight excluding hydrogens is 295 g/mol. The van der Waals surface area contributed by atoms with Gasteiger partial charge >= 0.3 is 5.97 Å². The third kappa shape index (κ3) is 3.97. The number of rotatable bonds is 5. The predicted molar refractivity (Wildman–Crippen MR) is 72.8 cm³/mol. The minimum Gasteiger partial charge on any atom is -0.464 e. The molecule has 0 saturated heterocycles. The molecule has 8 heteroatoms. The maximum Gasteiger partial charge on any atom is 0.328 e. The molecule has 0 aliphatic carbocycles. The molecule has 1 unspecified atom stereocenters. The van der Waals surface area contributed by atoms with Crippen molar-refractivity contribution in [3.05, 3.63) is 32.3 Å². The van der Waals surface area contributed by atoms with E-state index in [9.17, 15) is 14.9 Å². The van der Waals surface area contributed by atoms with E-state index in [1.54, 1.807) is 6.92 Å². The van der Waals surface area contributed by atoms with E-state index < -0.39 is 16.9 Å². The number of hydrogen-bond donors (Lipinski definition) is 1. The number of hydrogen-bond acceptors (Lipinski definition) is 5. The molecule has 0 heterocycles. The van der Waals surface area contributed by atoms with Gasteiger partial charge < -0.3 is 10.1 Å². The second-order valence-corrected chi connectivity index (χ2v) is 4.47. The van der Waals surface area contributed by atoms with Crippen molar-refractivity contribution in [3.63, 3.8) is 0 Å². The first-order valence-corrected chi connectivity index (χ1v) is 6.19. The lowest BCUT2D eigenvalue weighted by Crippen LogP contribution is -2.28. The zero-order chi connectivity index (χ0) is 14.6. The normalized spacial score (nSPS) is 11.8. The van der Waals surface area contributed by atoms with Crippen molar-refractivity contribution < 1.29 is 14.5 Å². The Bertz CT molecular complexity index is 508. The fraction of sp³-hybridized carbons (Fsp3) is 0.364. The molecular formula is C11H12Cl2N2O4. The van der Waals surface area contributed by atoms with E-state index in [2.05, 4.69) is 5.32 Å². The molecule has 1 N–H and O–H groups in total. The molecule has 0 bridgehead atoms. The molecule has 0 aliphatic rings.